The second-order valence-electron chi connectivity index (χ2n) is 5.49. The van der Waals surface area contributed by atoms with Crippen LogP contribution in [0.4, 0.5) is 0 Å². The van der Waals surface area contributed by atoms with Gasteiger partial charge in [0.15, 0.2) is 0 Å². The normalized spacial score (nSPS) is 13.7. The molecule has 0 aliphatic rings. The van der Waals surface area contributed by atoms with Crippen LogP contribution < -0.4 is 0 Å². The van der Waals surface area contributed by atoms with E-state index in [4.69, 9.17) is 5.11 Å². The molecule has 5 heteroatoms. The van der Waals surface area contributed by atoms with Crippen LogP contribution in [0.2, 0.25) is 0 Å². The molecule has 0 heterocycles. The van der Waals surface area contributed by atoms with Crippen molar-refractivity contribution in [3.63, 3.8) is 0 Å². The van der Waals surface area contributed by atoms with E-state index in [2.05, 4.69) is 0 Å². The predicted molar refractivity (Wildman–Crippen MR) is 87.4 cm³/mol. The molecule has 2 aromatic carbocycles. The molecule has 0 radical (unpaired) electrons. The summed E-state index contributed by atoms with van der Waals surface area (Å²) in [4.78, 5) is 0. The van der Waals surface area contributed by atoms with E-state index in [1.807, 2.05) is 37.3 Å². The average Bonchev–Trinajstić information content (AvgIpc) is 2.54. The summed E-state index contributed by atoms with van der Waals surface area (Å²) in [6.45, 7) is 1.30. The third-order valence-electron chi connectivity index (χ3n) is 3.97. The van der Waals surface area contributed by atoms with Crippen molar-refractivity contribution in [3.05, 3.63) is 47.5 Å². The van der Waals surface area contributed by atoms with Crippen LogP contribution in [0, 0.1) is 0 Å². The van der Waals surface area contributed by atoms with Gasteiger partial charge in [-0.25, -0.2) is 0 Å². The highest BCUT2D eigenvalue weighted by molar-refractivity contribution is 5.77. The van der Waals surface area contributed by atoms with Crippen LogP contribution in [0.3, 0.4) is 0 Å². The highest BCUT2D eigenvalue weighted by Crippen LogP contribution is 2.40. The molecule has 5 nitrogen and oxygen atoms in total. The molecule has 2 aromatic rings. The number of benzene rings is 2. The Hall–Kier alpha value is -2.08. The Kier molecular flexibility index (Phi) is 5.60. The SMILES string of the molecule is CCc1c(O)cc(O)c(-c2ccccc2)c1CC(O)C(O)CO. The van der Waals surface area contributed by atoms with Gasteiger partial charge in [0.2, 0.25) is 0 Å². The highest BCUT2D eigenvalue weighted by atomic mass is 16.4. The molecule has 0 aliphatic carbocycles. The predicted octanol–water partition coefficient (Wildman–Crippen LogP) is 1.58. The van der Waals surface area contributed by atoms with Crippen molar-refractivity contribution in [1.29, 1.82) is 0 Å². The van der Waals surface area contributed by atoms with Gasteiger partial charge >= 0.3 is 0 Å². The molecule has 0 spiro atoms. The van der Waals surface area contributed by atoms with Crippen molar-refractivity contribution in [3.8, 4) is 22.6 Å². The fourth-order valence-corrected chi connectivity index (χ4v) is 2.76. The largest absolute Gasteiger partial charge is 0.508 e. The monoisotopic (exact) mass is 318 g/mol. The summed E-state index contributed by atoms with van der Waals surface area (Å²) in [5, 5.41) is 49.1. The van der Waals surface area contributed by atoms with E-state index in [1.54, 1.807) is 0 Å². The quantitative estimate of drug-likeness (QED) is 0.557. The number of phenolic OH excluding ortho intramolecular Hbond substituents is 2. The van der Waals surface area contributed by atoms with Gasteiger partial charge in [0.05, 0.1) is 12.7 Å². The van der Waals surface area contributed by atoms with Gasteiger partial charge < -0.3 is 25.5 Å². The van der Waals surface area contributed by atoms with Crippen LogP contribution in [0.5, 0.6) is 11.5 Å². The van der Waals surface area contributed by atoms with Gasteiger partial charge in [-0.2, -0.15) is 0 Å². The first-order chi connectivity index (χ1) is 11.0. The van der Waals surface area contributed by atoms with Gasteiger partial charge in [0, 0.05) is 18.1 Å². The first-order valence-electron chi connectivity index (χ1n) is 7.58. The van der Waals surface area contributed by atoms with E-state index in [1.165, 1.54) is 6.07 Å². The average molecular weight is 318 g/mol. The van der Waals surface area contributed by atoms with Gasteiger partial charge in [0.1, 0.15) is 17.6 Å². The molecule has 0 bridgehead atoms. The third kappa shape index (κ3) is 3.64. The lowest BCUT2D eigenvalue weighted by atomic mass is 9.88. The number of hydrogen-bond acceptors (Lipinski definition) is 5. The van der Waals surface area contributed by atoms with E-state index >= 15 is 0 Å². The Morgan fingerprint density at radius 2 is 1.57 bits per heavy atom. The summed E-state index contributed by atoms with van der Waals surface area (Å²) >= 11 is 0. The molecule has 2 atom stereocenters. The summed E-state index contributed by atoms with van der Waals surface area (Å²) in [6.07, 6.45) is -1.97. The van der Waals surface area contributed by atoms with E-state index in [0.717, 1.165) is 5.56 Å². The van der Waals surface area contributed by atoms with Gasteiger partial charge in [0.25, 0.3) is 0 Å². The van der Waals surface area contributed by atoms with Crippen molar-refractivity contribution >= 4 is 0 Å². The summed E-state index contributed by atoms with van der Waals surface area (Å²) in [6, 6.07) is 10.4. The number of aliphatic hydroxyl groups excluding tert-OH is 3. The number of aromatic hydroxyl groups is 2. The second kappa shape index (κ2) is 7.46. The Labute approximate surface area is 135 Å². The lowest BCUT2D eigenvalue weighted by Crippen LogP contribution is -2.31. The minimum absolute atomic E-state index is 0.0110. The van der Waals surface area contributed by atoms with Crippen LogP contribution in [-0.2, 0) is 12.8 Å². The lowest BCUT2D eigenvalue weighted by molar-refractivity contribution is -0.0133. The van der Waals surface area contributed by atoms with Gasteiger partial charge in [-0.15, -0.1) is 0 Å². The fourth-order valence-electron chi connectivity index (χ4n) is 2.76. The maximum absolute atomic E-state index is 10.3. The molecule has 5 N–H and O–H groups in total. The Bertz CT molecular complexity index is 654. The molecule has 0 fully saturated rings. The molecular weight excluding hydrogens is 296 g/mol. The van der Waals surface area contributed by atoms with E-state index in [-0.39, 0.29) is 17.9 Å². The zero-order valence-corrected chi connectivity index (χ0v) is 13.0. The molecule has 2 rings (SSSR count). The molecule has 0 amide bonds. The van der Waals surface area contributed by atoms with Gasteiger partial charge in [-0.3, -0.25) is 0 Å². The van der Waals surface area contributed by atoms with Crippen molar-refractivity contribution in [1.82, 2.24) is 0 Å². The van der Waals surface area contributed by atoms with Crippen LogP contribution in [-0.4, -0.2) is 44.3 Å². The first-order valence-corrected chi connectivity index (χ1v) is 7.58. The second-order valence-corrected chi connectivity index (χ2v) is 5.49. The van der Waals surface area contributed by atoms with Crippen LogP contribution in [0.1, 0.15) is 18.1 Å². The van der Waals surface area contributed by atoms with Crippen LogP contribution in [0.25, 0.3) is 11.1 Å². The number of aliphatic hydroxyl groups is 3. The molecule has 23 heavy (non-hydrogen) atoms. The minimum Gasteiger partial charge on any atom is -0.508 e. The van der Waals surface area contributed by atoms with Crippen LogP contribution >= 0.6 is 0 Å². The zero-order valence-electron chi connectivity index (χ0n) is 13.0. The van der Waals surface area contributed by atoms with Gasteiger partial charge in [-0.1, -0.05) is 37.3 Å². The number of hydrogen-bond donors (Lipinski definition) is 5. The maximum Gasteiger partial charge on any atom is 0.127 e. The van der Waals surface area contributed by atoms with Crippen molar-refractivity contribution in [2.45, 2.75) is 32.0 Å². The van der Waals surface area contributed by atoms with Crippen LogP contribution in [0.15, 0.2) is 36.4 Å². The summed E-state index contributed by atoms with van der Waals surface area (Å²) in [7, 11) is 0. The lowest BCUT2D eigenvalue weighted by Gasteiger charge is -2.22. The molecule has 124 valence electrons. The first kappa shape index (κ1) is 17.3. The molecule has 0 aliphatic heterocycles. The third-order valence-corrected chi connectivity index (χ3v) is 3.97. The maximum atomic E-state index is 10.3. The van der Waals surface area contributed by atoms with E-state index in [9.17, 15) is 20.4 Å². The standard InChI is InChI=1S/C18H22O5/c1-2-12-13(8-15(21)17(23)10-19)18(16(22)9-14(12)20)11-6-4-3-5-7-11/h3-7,9,15,17,19-23H,2,8,10H2,1H3. The van der Waals surface area contributed by atoms with Crippen molar-refractivity contribution in [2.24, 2.45) is 0 Å². The number of rotatable bonds is 6. The summed E-state index contributed by atoms with van der Waals surface area (Å²) in [5.74, 6) is -0.142. The summed E-state index contributed by atoms with van der Waals surface area (Å²) < 4.78 is 0. The molecule has 0 aromatic heterocycles. The summed E-state index contributed by atoms with van der Waals surface area (Å²) in [5.41, 5.74) is 2.44. The fraction of sp³-hybridized carbons (Fsp3) is 0.333. The minimum atomic E-state index is -1.28. The van der Waals surface area contributed by atoms with E-state index < -0.39 is 18.8 Å². The Morgan fingerprint density at radius 1 is 0.913 bits per heavy atom. The van der Waals surface area contributed by atoms with Crippen molar-refractivity contribution in [2.75, 3.05) is 6.61 Å². The molecule has 0 saturated carbocycles. The topological polar surface area (TPSA) is 101 Å². The Morgan fingerprint density at radius 3 is 2.13 bits per heavy atom. The molecule has 2 unspecified atom stereocenters. The Balaban J connectivity index is 2.61. The van der Waals surface area contributed by atoms with E-state index in [0.29, 0.717) is 23.1 Å². The smallest absolute Gasteiger partial charge is 0.127 e. The molecular formula is C18H22O5. The van der Waals surface area contributed by atoms with Crippen molar-refractivity contribution < 1.29 is 25.5 Å². The number of phenols is 2. The highest BCUT2D eigenvalue weighted by Gasteiger charge is 2.23. The molecule has 0 saturated heterocycles. The van der Waals surface area contributed by atoms with Gasteiger partial charge in [-0.05, 0) is 23.1 Å². The zero-order chi connectivity index (χ0) is 17.0.